The number of ketones is 8. The Balaban J connectivity index is -0.000000447. The number of aliphatic imine (C=N–C) groups is 4. The SMILES string of the molecule is CCC(=O)C(CN)NC(C)=O.CCC(=O)C(CO)NC(C)=O.CCC(=O)C(CS)NC(C)=O.CCC(=O)C(NC(C)=O)C(C)O.CCC(=O)C1CCC(C)=N1.CCC(=O)C1COC(C)=N1.CCC(=O)C1CSC(C)=N1.CCC(=O)C1N=C(C)OC1C. The van der Waals surface area contributed by atoms with Crippen LogP contribution in [0.1, 0.15) is 189 Å². The van der Waals surface area contributed by atoms with Crippen LogP contribution in [0, 0.1) is 0 Å². The van der Waals surface area contributed by atoms with Gasteiger partial charge in [-0.1, -0.05) is 55.4 Å². The number of aliphatic hydroxyl groups is 2. The Hall–Kier alpha value is -5.90. The quantitative estimate of drug-likeness (QED) is 0.0628. The molecule has 0 aromatic rings. The summed E-state index contributed by atoms with van der Waals surface area (Å²) in [5.74, 6) is 2.05. The fourth-order valence-electron chi connectivity index (χ4n) is 7.32. The van der Waals surface area contributed by atoms with Gasteiger partial charge >= 0.3 is 0 Å². The summed E-state index contributed by atoms with van der Waals surface area (Å²) >= 11 is 5.63. The van der Waals surface area contributed by atoms with Crippen LogP contribution in [-0.2, 0) is 67.0 Å². The molecule has 4 rings (SSSR count). The fourth-order valence-corrected chi connectivity index (χ4v) is 8.47. The third-order valence-corrected chi connectivity index (χ3v) is 13.5. The standard InChI is InChI=1S/C8H15NO3.C8H13NO2.C8H13NO.C7H14N2O2.C7H13NO3.C7H13NO2S.C7H11NO2.C7H11NOS/c1-4-7(12)8(5(2)10)9-6(3)11;1-4-7(10)8-5(2)11-6(3)9-8;1-3-8(10)7-5-4-6(2)9-7;1-3-7(11)6(4-8)9-5(2)10;1-3-7(11)6(4-9)8-5(2)10;1-3-7(10)6(4-11)8-5(2)9;2*1-3-7(9)6-4-10-5(2)8-6/h5,8,10H,4H2,1-3H3,(H,9,11);5,8H,4H2,1-3H3;7H,3-5H2,1-2H3;6H,3-4,8H2,1-2H3,(H,9,10);6,9H,3-4H2,1-2H3,(H,8,10);6,11H,3-4H2,1-2H3,(H,8,9);2*6H,3-4H2,1-2H3. The number of carbonyl (C=O) groups excluding carboxylic acids is 12. The first-order chi connectivity index (χ1) is 40.2. The maximum atomic E-state index is 11.2. The highest BCUT2D eigenvalue weighted by Crippen LogP contribution is 2.19. The van der Waals surface area contributed by atoms with E-state index in [4.69, 9.17) is 25.4 Å². The van der Waals surface area contributed by atoms with E-state index in [0.717, 1.165) is 29.3 Å². The van der Waals surface area contributed by atoms with Gasteiger partial charge in [-0.05, 0) is 40.5 Å². The van der Waals surface area contributed by atoms with Gasteiger partial charge in [0.1, 0.15) is 49.0 Å². The largest absolute Gasteiger partial charge is 0.478 e. The van der Waals surface area contributed by atoms with Crippen LogP contribution < -0.4 is 27.0 Å². The monoisotopic (exact) mass is 1260 g/mol. The van der Waals surface area contributed by atoms with E-state index in [1.54, 1.807) is 53.3 Å². The molecule has 0 aliphatic carbocycles. The van der Waals surface area contributed by atoms with Crippen LogP contribution in [0.15, 0.2) is 20.0 Å². The van der Waals surface area contributed by atoms with Crippen LogP contribution in [-0.4, -0.2) is 194 Å². The lowest BCUT2D eigenvalue weighted by Crippen LogP contribution is -2.46. The van der Waals surface area contributed by atoms with Crippen molar-refractivity contribution >= 4 is 117 Å². The van der Waals surface area contributed by atoms with Crippen molar-refractivity contribution in [3.05, 3.63) is 0 Å². The summed E-state index contributed by atoms with van der Waals surface area (Å²) in [7, 11) is 0. The van der Waals surface area contributed by atoms with Gasteiger partial charge in [0.25, 0.3) is 0 Å². The minimum Gasteiger partial charge on any atom is -0.478 e. The smallest absolute Gasteiger partial charge is 0.217 e. The van der Waals surface area contributed by atoms with Gasteiger partial charge in [-0.2, -0.15) is 12.6 Å². The van der Waals surface area contributed by atoms with Crippen molar-refractivity contribution in [1.82, 2.24) is 21.3 Å². The van der Waals surface area contributed by atoms with Crippen LogP contribution >= 0.6 is 24.4 Å². The number of amides is 4. The second-order valence-electron chi connectivity index (χ2n) is 19.6. The molecular weight excluding hydrogens is 1150 g/mol. The number of hydrogen-bond acceptors (Lipinski definition) is 23. The number of carbonyl (C=O) groups is 12. The third-order valence-electron chi connectivity index (χ3n) is 12.2. The highest BCUT2D eigenvalue weighted by Gasteiger charge is 2.30. The highest BCUT2D eigenvalue weighted by molar-refractivity contribution is 8.14. The molecule has 0 radical (unpaired) electrons. The maximum absolute atomic E-state index is 11.2. The van der Waals surface area contributed by atoms with Gasteiger partial charge in [-0.25, -0.2) is 9.98 Å². The molecule has 0 saturated heterocycles. The number of aliphatic hydroxyl groups excluding tert-OH is 2. The number of nitrogens with zero attached hydrogens (tertiary/aromatic N) is 4. The van der Waals surface area contributed by atoms with Crippen molar-refractivity contribution < 1.29 is 77.2 Å². The Bertz CT molecular complexity index is 2130. The lowest BCUT2D eigenvalue weighted by molar-refractivity contribution is -0.129. The number of thioether (sulfide) groups is 1. The molecule has 4 amide bonds. The van der Waals surface area contributed by atoms with Crippen molar-refractivity contribution in [2.75, 3.05) is 31.3 Å². The number of Topliss-reactive ketones (excluding diaryl/α,β-unsaturated/α-hetero) is 8. The molecule has 492 valence electrons. The third kappa shape index (κ3) is 40.5. The molecule has 0 fully saturated rings. The van der Waals surface area contributed by atoms with Crippen molar-refractivity contribution in [1.29, 1.82) is 0 Å². The number of rotatable bonds is 24. The molecule has 25 nitrogen and oxygen atoms in total. The zero-order chi connectivity index (χ0) is 67.4. The van der Waals surface area contributed by atoms with Crippen molar-refractivity contribution in [3.8, 4) is 0 Å². The van der Waals surface area contributed by atoms with E-state index in [1.807, 2.05) is 48.5 Å². The van der Waals surface area contributed by atoms with Crippen LogP contribution in [0.3, 0.4) is 0 Å². The average Bonchev–Trinajstić information content (AvgIpc) is 4.50. The molecule has 4 aliphatic heterocycles. The van der Waals surface area contributed by atoms with Crippen LogP contribution in [0.5, 0.6) is 0 Å². The molecule has 0 saturated carbocycles. The van der Waals surface area contributed by atoms with E-state index in [2.05, 4.69) is 53.9 Å². The lowest BCUT2D eigenvalue weighted by atomic mass is 10.1. The van der Waals surface area contributed by atoms with Crippen molar-refractivity contribution in [2.45, 2.75) is 249 Å². The van der Waals surface area contributed by atoms with Gasteiger partial charge in [0, 0.05) is 117 Å². The summed E-state index contributed by atoms with van der Waals surface area (Å²) in [6.45, 7) is 30.9. The van der Waals surface area contributed by atoms with E-state index >= 15 is 0 Å². The summed E-state index contributed by atoms with van der Waals surface area (Å²) in [6.07, 6.45) is 4.86. The molecular formula is C59H103N9O16S2. The van der Waals surface area contributed by atoms with E-state index in [1.165, 1.54) is 34.6 Å². The van der Waals surface area contributed by atoms with E-state index in [0.29, 0.717) is 75.5 Å². The summed E-state index contributed by atoms with van der Waals surface area (Å²) < 4.78 is 10.2. The Morgan fingerprint density at radius 3 is 1.34 bits per heavy atom. The molecule has 4 aliphatic rings. The van der Waals surface area contributed by atoms with E-state index < -0.39 is 30.3 Å². The van der Waals surface area contributed by atoms with Gasteiger partial charge in [-0.15, -0.1) is 11.8 Å². The fraction of sp³-hybridized carbons (Fsp3) is 0.729. The molecule has 27 heteroatoms. The normalized spacial score (nSPS) is 19.1. The topological polar surface area (TPSA) is 387 Å². The molecule has 10 unspecified atom stereocenters. The second kappa shape index (κ2) is 50.1. The lowest BCUT2D eigenvalue weighted by Gasteiger charge is -2.18. The zero-order valence-corrected chi connectivity index (χ0v) is 55.9. The van der Waals surface area contributed by atoms with Gasteiger partial charge in [-0.3, -0.25) is 67.5 Å². The predicted molar refractivity (Wildman–Crippen MR) is 340 cm³/mol. The van der Waals surface area contributed by atoms with Crippen LogP contribution in [0.4, 0.5) is 0 Å². The van der Waals surface area contributed by atoms with Crippen LogP contribution in [0.25, 0.3) is 0 Å². The first-order valence-electron chi connectivity index (χ1n) is 29.2. The maximum Gasteiger partial charge on any atom is 0.217 e. The van der Waals surface area contributed by atoms with Crippen LogP contribution in [0.2, 0.25) is 0 Å². The number of thiol groups is 1. The van der Waals surface area contributed by atoms with Gasteiger partial charge < -0.3 is 46.7 Å². The molecule has 0 aromatic carbocycles. The minimum absolute atomic E-state index is 0.00463. The minimum atomic E-state index is -0.832. The number of hydrogen-bond donors (Lipinski definition) is 8. The van der Waals surface area contributed by atoms with Gasteiger partial charge in [0.15, 0.2) is 58.1 Å². The van der Waals surface area contributed by atoms with E-state index in [9.17, 15) is 57.5 Å². The molecule has 10 atom stereocenters. The van der Waals surface area contributed by atoms with E-state index in [-0.39, 0.29) is 113 Å². The Kier molecular flexibility index (Phi) is 50.4. The van der Waals surface area contributed by atoms with Crippen molar-refractivity contribution in [2.24, 2.45) is 25.7 Å². The summed E-state index contributed by atoms with van der Waals surface area (Å²) in [5, 5.41) is 28.5. The van der Waals surface area contributed by atoms with Gasteiger partial charge in [0.05, 0.1) is 29.8 Å². The first kappa shape index (κ1) is 86.5. The Labute approximate surface area is 519 Å². The summed E-state index contributed by atoms with van der Waals surface area (Å²) in [5.41, 5.74) is 6.39. The summed E-state index contributed by atoms with van der Waals surface area (Å²) in [6, 6.07) is -2.90. The highest BCUT2D eigenvalue weighted by atomic mass is 32.2. The molecule has 0 bridgehead atoms. The number of nitrogens with one attached hydrogen (secondary N) is 4. The molecule has 4 heterocycles. The molecule has 86 heavy (non-hydrogen) atoms. The summed E-state index contributed by atoms with van der Waals surface area (Å²) in [4.78, 5) is 147. The Morgan fingerprint density at radius 2 is 1.01 bits per heavy atom. The number of nitrogens with two attached hydrogens (primary N) is 1. The molecule has 0 aromatic heterocycles. The molecule has 8 N–H and O–H groups in total. The first-order valence-corrected chi connectivity index (χ1v) is 30.8. The Morgan fingerprint density at radius 1 is 0.581 bits per heavy atom. The molecule has 0 spiro atoms. The average molecular weight is 1260 g/mol. The van der Waals surface area contributed by atoms with Crippen molar-refractivity contribution in [3.63, 3.8) is 0 Å². The second-order valence-corrected chi connectivity index (χ2v) is 21.2. The zero-order valence-electron chi connectivity index (χ0n) is 54.2. The van der Waals surface area contributed by atoms with Gasteiger partial charge in [0.2, 0.25) is 23.6 Å². The number of ether oxygens (including phenoxy) is 2. The predicted octanol–water partition coefficient (Wildman–Crippen LogP) is 4.18.